The van der Waals surface area contributed by atoms with Crippen molar-refractivity contribution >= 4 is 11.6 Å². The first kappa shape index (κ1) is 11.2. The molecule has 7 heteroatoms. The van der Waals surface area contributed by atoms with Gasteiger partial charge in [0.15, 0.2) is 0 Å². The monoisotopic (exact) mass is 250 g/mol. The highest BCUT2D eigenvalue weighted by molar-refractivity contribution is 5.93. The van der Waals surface area contributed by atoms with E-state index in [1.807, 2.05) is 4.90 Å². The van der Waals surface area contributed by atoms with Crippen LogP contribution in [0.2, 0.25) is 0 Å². The largest absolute Gasteiger partial charge is 0.351 e. The molecule has 3 rings (SSSR count). The Balaban J connectivity index is 1.79. The number of carbonyl (C=O) groups is 1. The van der Waals surface area contributed by atoms with Crippen LogP contribution >= 0.6 is 0 Å². The molecule has 7 nitrogen and oxygen atoms in total. The van der Waals surface area contributed by atoms with Crippen LogP contribution in [0.15, 0.2) is 12.3 Å². The summed E-state index contributed by atoms with van der Waals surface area (Å²) >= 11 is 0. The fourth-order valence-electron chi connectivity index (χ4n) is 2.87. The third-order valence-electron chi connectivity index (χ3n) is 3.82. The van der Waals surface area contributed by atoms with E-state index < -0.39 is 4.92 Å². The summed E-state index contributed by atoms with van der Waals surface area (Å²) in [5.41, 5.74) is 0.230. The number of fused-ring (bicyclic) bond motifs is 1. The van der Waals surface area contributed by atoms with Gasteiger partial charge in [0.2, 0.25) is 0 Å². The molecule has 0 bridgehead atoms. The average molecular weight is 250 g/mol. The molecule has 1 aromatic rings. The maximum Gasteiger partial charge on any atom is 0.287 e. The molecule has 18 heavy (non-hydrogen) atoms. The number of nitrogens with one attached hydrogen (secondary N) is 2. The summed E-state index contributed by atoms with van der Waals surface area (Å²) in [5, 5.41) is 13.9. The van der Waals surface area contributed by atoms with E-state index in [2.05, 4.69) is 10.3 Å². The number of hydrogen-bond donors (Lipinski definition) is 2. The van der Waals surface area contributed by atoms with Crippen LogP contribution in [0.3, 0.4) is 0 Å². The van der Waals surface area contributed by atoms with Gasteiger partial charge >= 0.3 is 0 Å². The molecule has 2 aliphatic heterocycles. The molecule has 0 spiro atoms. The number of likely N-dealkylation sites (tertiary alicyclic amines) is 1. The summed E-state index contributed by atoms with van der Waals surface area (Å²) in [4.78, 5) is 26.9. The topological polar surface area (TPSA) is 91.3 Å². The van der Waals surface area contributed by atoms with E-state index >= 15 is 0 Å². The number of aromatic nitrogens is 1. The number of carbonyl (C=O) groups excluding carboxylic acids is 1. The molecule has 0 unspecified atom stereocenters. The molecule has 0 radical (unpaired) electrons. The maximum atomic E-state index is 12.3. The van der Waals surface area contributed by atoms with Gasteiger partial charge in [-0.2, -0.15) is 0 Å². The molecule has 0 aromatic carbocycles. The van der Waals surface area contributed by atoms with E-state index in [0.29, 0.717) is 11.6 Å². The fourth-order valence-corrected chi connectivity index (χ4v) is 2.87. The average Bonchev–Trinajstić information content (AvgIpc) is 3.04. The summed E-state index contributed by atoms with van der Waals surface area (Å²) in [5.74, 6) is 0.387. The van der Waals surface area contributed by atoms with Gasteiger partial charge in [-0.05, 0) is 12.3 Å². The third kappa shape index (κ3) is 1.67. The lowest BCUT2D eigenvalue weighted by molar-refractivity contribution is -0.384. The predicted octanol–water partition coefficient (Wildman–Crippen LogP) is 0.357. The summed E-state index contributed by atoms with van der Waals surface area (Å²) in [6, 6.07) is 1.54. The van der Waals surface area contributed by atoms with Gasteiger partial charge in [-0.25, -0.2) is 0 Å². The van der Waals surface area contributed by atoms with Crippen LogP contribution < -0.4 is 5.32 Å². The van der Waals surface area contributed by atoms with Gasteiger partial charge in [0, 0.05) is 31.7 Å². The second-order valence-electron chi connectivity index (χ2n) is 4.80. The smallest absolute Gasteiger partial charge is 0.287 e. The van der Waals surface area contributed by atoms with E-state index in [-0.39, 0.29) is 17.6 Å². The van der Waals surface area contributed by atoms with Gasteiger partial charge in [0.05, 0.1) is 11.1 Å². The highest BCUT2D eigenvalue weighted by Crippen LogP contribution is 2.28. The molecule has 0 aliphatic carbocycles. The van der Waals surface area contributed by atoms with Crippen LogP contribution in [0.25, 0.3) is 0 Å². The van der Waals surface area contributed by atoms with E-state index in [0.717, 1.165) is 26.1 Å². The lowest BCUT2D eigenvalue weighted by Crippen LogP contribution is -2.39. The molecule has 2 saturated heterocycles. The Morgan fingerprint density at radius 3 is 3.06 bits per heavy atom. The Kier molecular flexibility index (Phi) is 2.55. The number of H-pyrrole nitrogens is 1. The molecular weight excluding hydrogens is 236 g/mol. The van der Waals surface area contributed by atoms with Crippen LogP contribution in [0.1, 0.15) is 16.9 Å². The van der Waals surface area contributed by atoms with E-state index in [1.54, 1.807) is 0 Å². The van der Waals surface area contributed by atoms with Crippen molar-refractivity contribution < 1.29 is 9.72 Å². The standard InChI is InChI=1S/C11H14N4O3/c16-11(9-3-8(5-13-9)15(17)18)14-2-1-7-4-12-6-10(7)14/h3,5,7,10,12-13H,1-2,4,6H2/t7-,10+/m1/s1. The molecule has 0 saturated carbocycles. The third-order valence-corrected chi connectivity index (χ3v) is 3.82. The van der Waals surface area contributed by atoms with E-state index in [9.17, 15) is 14.9 Å². The normalized spacial score (nSPS) is 26.3. The van der Waals surface area contributed by atoms with Crippen LogP contribution in [0.4, 0.5) is 5.69 Å². The highest BCUT2D eigenvalue weighted by atomic mass is 16.6. The van der Waals surface area contributed by atoms with Crippen LogP contribution in [0, 0.1) is 16.0 Å². The molecule has 1 aromatic heterocycles. The van der Waals surface area contributed by atoms with Crippen molar-refractivity contribution in [3.8, 4) is 0 Å². The molecule has 2 atom stereocenters. The number of aromatic amines is 1. The number of nitro groups is 1. The number of nitrogens with zero attached hydrogens (tertiary/aromatic N) is 2. The Bertz CT molecular complexity index is 498. The molecular formula is C11H14N4O3. The van der Waals surface area contributed by atoms with Crippen molar-refractivity contribution in [3.05, 3.63) is 28.1 Å². The van der Waals surface area contributed by atoms with Gasteiger partial charge in [-0.3, -0.25) is 14.9 Å². The van der Waals surface area contributed by atoms with Crippen LogP contribution in [-0.4, -0.2) is 46.4 Å². The van der Waals surface area contributed by atoms with Gasteiger partial charge in [0.1, 0.15) is 5.69 Å². The first-order valence-electron chi connectivity index (χ1n) is 6.01. The van der Waals surface area contributed by atoms with Gasteiger partial charge in [-0.15, -0.1) is 0 Å². The Morgan fingerprint density at radius 1 is 1.50 bits per heavy atom. The first-order chi connectivity index (χ1) is 8.66. The quantitative estimate of drug-likeness (QED) is 0.585. The van der Waals surface area contributed by atoms with Crippen molar-refractivity contribution in [1.82, 2.24) is 15.2 Å². The molecule has 2 fully saturated rings. The minimum atomic E-state index is -0.503. The Hall–Kier alpha value is -1.89. The second-order valence-corrected chi connectivity index (χ2v) is 4.80. The zero-order valence-electron chi connectivity index (χ0n) is 9.76. The van der Waals surface area contributed by atoms with Gasteiger partial charge in [-0.1, -0.05) is 0 Å². The van der Waals surface area contributed by atoms with Gasteiger partial charge < -0.3 is 15.2 Å². The van der Waals surface area contributed by atoms with Crippen LogP contribution in [0.5, 0.6) is 0 Å². The van der Waals surface area contributed by atoms with E-state index in [1.165, 1.54) is 12.3 Å². The van der Waals surface area contributed by atoms with Crippen molar-refractivity contribution in [1.29, 1.82) is 0 Å². The summed E-state index contributed by atoms with van der Waals surface area (Å²) in [6.45, 7) is 2.52. The summed E-state index contributed by atoms with van der Waals surface area (Å²) < 4.78 is 0. The zero-order chi connectivity index (χ0) is 12.7. The maximum absolute atomic E-state index is 12.3. The Morgan fingerprint density at radius 2 is 2.33 bits per heavy atom. The molecule has 2 N–H and O–H groups in total. The fraction of sp³-hybridized carbons (Fsp3) is 0.545. The van der Waals surface area contributed by atoms with Crippen LogP contribution in [-0.2, 0) is 0 Å². The lowest BCUT2D eigenvalue weighted by Gasteiger charge is -2.22. The molecule has 1 amide bonds. The Labute approximate surface area is 103 Å². The van der Waals surface area contributed by atoms with Crippen molar-refractivity contribution in [2.75, 3.05) is 19.6 Å². The highest BCUT2D eigenvalue weighted by Gasteiger charge is 2.40. The zero-order valence-corrected chi connectivity index (χ0v) is 9.76. The lowest BCUT2D eigenvalue weighted by atomic mass is 10.1. The minimum Gasteiger partial charge on any atom is -0.351 e. The SMILES string of the molecule is O=C(c1cc([N+](=O)[O-])c[nH]1)N1CC[C@@H]2CNC[C@@H]21. The van der Waals surface area contributed by atoms with Crippen molar-refractivity contribution in [3.63, 3.8) is 0 Å². The minimum absolute atomic E-state index is 0.0707. The van der Waals surface area contributed by atoms with Gasteiger partial charge in [0.25, 0.3) is 11.6 Å². The van der Waals surface area contributed by atoms with Crippen molar-refractivity contribution in [2.24, 2.45) is 5.92 Å². The second kappa shape index (κ2) is 4.09. The van der Waals surface area contributed by atoms with E-state index in [4.69, 9.17) is 0 Å². The summed E-state index contributed by atoms with van der Waals surface area (Å²) in [7, 11) is 0. The number of rotatable bonds is 2. The first-order valence-corrected chi connectivity index (χ1v) is 6.01. The molecule has 2 aliphatic rings. The number of hydrogen-bond acceptors (Lipinski definition) is 4. The van der Waals surface area contributed by atoms with Crippen molar-refractivity contribution in [2.45, 2.75) is 12.5 Å². The predicted molar refractivity (Wildman–Crippen MR) is 63.2 cm³/mol. The number of amides is 1. The summed E-state index contributed by atoms with van der Waals surface area (Å²) in [6.07, 6.45) is 2.26. The molecule has 96 valence electrons. The molecule has 3 heterocycles.